The van der Waals surface area contributed by atoms with Gasteiger partial charge in [0, 0.05) is 36.5 Å². The monoisotopic (exact) mass is 498 g/mol. The lowest BCUT2D eigenvalue weighted by Crippen LogP contribution is -2.54. The van der Waals surface area contributed by atoms with Crippen LogP contribution in [0.15, 0.2) is 47.4 Å². The summed E-state index contributed by atoms with van der Waals surface area (Å²) < 4.78 is 42.4. The van der Waals surface area contributed by atoms with Gasteiger partial charge in [0.15, 0.2) is 11.4 Å². The molecule has 36 heavy (non-hydrogen) atoms. The number of benzene rings is 2. The fourth-order valence-corrected chi connectivity index (χ4v) is 4.89. The van der Waals surface area contributed by atoms with Crippen molar-refractivity contribution in [1.29, 1.82) is 0 Å². The van der Waals surface area contributed by atoms with E-state index in [1.807, 2.05) is 0 Å². The second-order valence-electron chi connectivity index (χ2n) is 8.63. The fraction of sp³-hybridized carbons (Fsp3) is 0.240. The van der Waals surface area contributed by atoms with Crippen molar-refractivity contribution >= 4 is 11.8 Å². The molecule has 2 N–H and O–H groups in total. The van der Waals surface area contributed by atoms with Crippen molar-refractivity contribution in [2.24, 2.45) is 0 Å². The number of amides is 2. The first-order chi connectivity index (χ1) is 17.1. The molecule has 186 valence electrons. The number of hydrogen-bond acceptors (Lipinski definition) is 5. The zero-order chi connectivity index (χ0) is 25.9. The van der Waals surface area contributed by atoms with Gasteiger partial charge >= 0.3 is 0 Å². The Balaban J connectivity index is 1.58. The van der Waals surface area contributed by atoms with Crippen LogP contribution >= 0.6 is 0 Å². The molecule has 3 heterocycles. The van der Waals surface area contributed by atoms with Crippen molar-refractivity contribution in [2.45, 2.75) is 32.6 Å². The number of carbonyl (C=O) groups is 2. The van der Waals surface area contributed by atoms with Crippen LogP contribution in [0.25, 0.3) is 0 Å². The van der Waals surface area contributed by atoms with Crippen LogP contribution in [0.3, 0.4) is 0 Å². The predicted octanol–water partition coefficient (Wildman–Crippen LogP) is 3.09. The third kappa shape index (κ3) is 3.42. The zero-order valence-corrected chi connectivity index (χ0v) is 19.3. The van der Waals surface area contributed by atoms with Gasteiger partial charge in [0.2, 0.25) is 5.43 Å². The Labute approximate surface area is 203 Å². The third-order valence-electron chi connectivity index (χ3n) is 6.64. The molecule has 0 saturated carbocycles. The molecule has 5 rings (SSSR count). The summed E-state index contributed by atoms with van der Waals surface area (Å²) in [6, 6.07) is 6.62. The van der Waals surface area contributed by atoms with E-state index in [9.17, 15) is 32.7 Å². The van der Waals surface area contributed by atoms with Crippen molar-refractivity contribution in [3.05, 3.63) is 98.2 Å². The van der Waals surface area contributed by atoms with Crippen molar-refractivity contribution in [3.63, 3.8) is 0 Å². The van der Waals surface area contributed by atoms with Gasteiger partial charge in [0.25, 0.3) is 11.8 Å². The number of rotatable bonds is 4. The van der Waals surface area contributed by atoms with Crippen LogP contribution in [0, 0.1) is 17.5 Å². The molecule has 0 saturated heterocycles. The zero-order valence-electron chi connectivity index (χ0n) is 19.3. The van der Waals surface area contributed by atoms with Gasteiger partial charge in [0.05, 0.1) is 6.04 Å². The molecular weight excluding hydrogens is 477 g/mol. The summed E-state index contributed by atoms with van der Waals surface area (Å²) in [5.41, 5.74) is -0.581. The maximum Gasteiger partial charge on any atom is 0.278 e. The average molecular weight is 498 g/mol. The number of aromatic hydroxyl groups is 1. The Morgan fingerprint density at radius 1 is 1.06 bits per heavy atom. The first kappa shape index (κ1) is 23.5. The van der Waals surface area contributed by atoms with Crippen LogP contribution in [0.2, 0.25) is 0 Å². The molecule has 3 aromatic rings. The molecule has 0 bridgehead atoms. The lowest BCUT2D eigenvalue weighted by molar-refractivity contribution is 0.0580. The van der Waals surface area contributed by atoms with E-state index in [0.29, 0.717) is 17.2 Å². The number of hydrogen-bond donors (Lipinski definition) is 2. The standard InChI is InChI=1S/C25H21F3N4O4/c1-3-30-24-16-7-6-14(26)8-17(16)12(2)32(24)31-11-18(21(33)22(34)20(31)25(30)36)23(35)29-10-13-4-5-15(27)9-19(13)28/h4-9,11-12,24,34H,3,10H2,1-2H3,(H,29,35)/t12-,24-/m0/s1. The summed E-state index contributed by atoms with van der Waals surface area (Å²) in [5.74, 6) is -4.56. The second-order valence-corrected chi connectivity index (χ2v) is 8.63. The fourth-order valence-electron chi connectivity index (χ4n) is 4.89. The number of aromatic nitrogens is 1. The Morgan fingerprint density at radius 3 is 2.44 bits per heavy atom. The van der Waals surface area contributed by atoms with E-state index in [1.165, 1.54) is 21.7 Å². The summed E-state index contributed by atoms with van der Waals surface area (Å²) in [5, 5.41) is 14.8. The van der Waals surface area contributed by atoms with Gasteiger partial charge in [-0.1, -0.05) is 12.1 Å². The van der Waals surface area contributed by atoms with E-state index in [4.69, 9.17) is 0 Å². The van der Waals surface area contributed by atoms with Gasteiger partial charge < -0.3 is 15.3 Å². The first-order valence-electron chi connectivity index (χ1n) is 11.2. The maximum atomic E-state index is 14.0. The number of carbonyl (C=O) groups excluding carboxylic acids is 2. The summed E-state index contributed by atoms with van der Waals surface area (Å²) in [7, 11) is 0. The minimum Gasteiger partial charge on any atom is -0.502 e. The summed E-state index contributed by atoms with van der Waals surface area (Å²) >= 11 is 0. The summed E-state index contributed by atoms with van der Waals surface area (Å²) in [6.07, 6.45) is 0.483. The highest BCUT2D eigenvalue weighted by Gasteiger charge is 2.47. The topological polar surface area (TPSA) is 94.9 Å². The number of halogens is 3. The molecule has 2 aliphatic heterocycles. The van der Waals surface area contributed by atoms with Crippen LogP contribution in [-0.4, -0.2) is 33.0 Å². The Morgan fingerprint density at radius 2 is 1.75 bits per heavy atom. The number of nitrogens with one attached hydrogen (secondary N) is 1. The van der Waals surface area contributed by atoms with E-state index >= 15 is 0 Å². The second kappa shape index (κ2) is 8.43. The molecule has 2 atom stereocenters. The van der Waals surface area contributed by atoms with E-state index in [0.717, 1.165) is 18.3 Å². The van der Waals surface area contributed by atoms with Crippen molar-refractivity contribution in [1.82, 2.24) is 14.9 Å². The van der Waals surface area contributed by atoms with E-state index in [-0.39, 0.29) is 24.3 Å². The molecule has 0 aliphatic carbocycles. The first-order valence-corrected chi connectivity index (χ1v) is 11.2. The van der Waals surface area contributed by atoms with Crippen LogP contribution in [-0.2, 0) is 6.54 Å². The van der Waals surface area contributed by atoms with Crippen molar-refractivity contribution in [3.8, 4) is 5.75 Å². The van der Waals surface area contributed by atoms with Gasteiger partial charge in [-0.05, 0) is 37.6 Å². The van der Waals surface area contributed by atoms with Crippen LogP contribution in [0.4, 0.5) is 13.2 Å². The van der Waals surface area contributed by atoms with E-state index in [2.05, 4.69) is 5.32 Å². The molecule has 0 radical (unpaired) electrons. The number of fused-ring (bicyclic) bond motifs is 5. The predicted molar refractivity (Wildman–Crippen MR) is 122 cm³/mol. The highest BCUT2D eigenvalue weighted by Crippen LogP contribution is 2.46. The van der Waals surface area contributed by atoms with E-state index < -0.39 is 58.2 Å². The normalized spacial score (nSPS) is 18.1. The van der Waals surface area contributed by atoms with Crippen LogP contribution in [0.1, 0.15) is 63.6 Å². The lowest BCUT2D eigenvalue weighted by atomic mass is 10.0. The molecule has 1 aromatic heterocycles. The molecule has 2 aliphatic rings. The molecule has 0 unspecified atom stereocenters. The summed E-state index contributed by atoms with van der Waals surface area (Å²) in [4.78, 5) is 40.6. The lowest BCUT2D eigenvalue weighted by Gasteiger charge is -2.44. The Kier molecular flexibility index (Phi) is 5.50. The number of pyridine rings is 1. The Bertz CT molecular complexity index is 1490. The average Bonchev–Trinajstić information content (AvgIpc) is 3.12. The summed E-state index contributed by atoms with van der Waals surface area (Å²) in [6.45, 7) is 3.41. The van der Waals surface area contributed by atoms with Gasteiger partial charge in [-0.2, -0.15) is 0 Å². The van der Waals surface area contributed by atoms with Gasteiger partial charge in [-0.25, -0.2) is 13.2 Å². The minimum absolute atomic E-state index is 0.00787. The third-order valence-corrected chi connectivity index (χ3v) is 6.64. The van der Waals surface area contributed by atoms with Crippen LogP contribution < -0.4 is 15.8 Å². The quantitative estimate of drug-likeness (QED) is 0.577. The molecule has 0 spiro atoms. The smallest absolute Gasteiger partial charge is 0.278 e. The van der Waals surface area contributed by atoms with Gasteiger partial charge in [-0.3, -0.25) is 24.1 Å². The molecule has 2 amide bonds. The maximum absolute atomic E-state index is 14.0. The molecular formula is C25H21F3N4O4. The number of nitrogens with zero attached hydrogens (tertiary/aromatic N) is 3. The Hall–Kier alpha value is -4.28. The largest absolute Gasteiger partial charge is 0.502 e. The van der Waals surface area contributed by atoms with E-state index in [1.54, 1.807) is 24.9 Å². The van der Waals surface area contributed by atoms with Gasteiger partial charge in [-0.15, -0.1) is 0 Å². The highest BCUT2D eigenvalue weighted by molar-refractivity contribution is 5.99. The van der Waals surface area contributed by atoms with Crippen molar-refractivity contribution in [2.75, 3.05) is 11.6 Å². The SMILES string of the molecule is CCN1C(=O)c2c(O)c(=O)c(C(=O)NCc3ccc(F)cc3F)cn2N2[C@@H](C)c3cc(F)ccc3[C@@H]12. The minimum atomic E-state index is -1.07. The molecule has 0 fully saturated rings. The molecule has 11 heteroatoms. The highest BCUT2D eigenvalue weighted by atomic mass is 19.1. The van der Waals surface area contributed by atoms with Crippen molar-refractivity contribution < 1.29 is 27.9 Å². The molecule has 8 nitrogen and oxygen atoms in total. The van der Waals surface area contributed by atoms with Crippen LogP contribution in [0.5, 0.6) is 5.75 Å². The van der Waals surface area contributed by atoms with Gasteiger partial charge in [0.1, 0.15) is 29.2 Å². The molecule has 2 aromatic carbocycles.